The number of benzene rings is 2. The fourth-order valence-corrected chi connectivity index (χ4v) is 4.45. The van der Waals surface area contributed by atoms with Gasteiger partial charge in [-0.05, 0) is 37.1 Å². The highest BCUT2D eigenvalue weighted by Crippen LogP contribution is 2.47. The third-order valence-corrected chi connectivity index (χ3v) is 5.73. The van der Waals surface area contributed by atoms with Gasteiger partial charge in [0, 0.05) is 34.7 Å². The highest BCUT2D eigenvalue weighted by molar-refractivity contribution is 8.00. The average molecular weight is 369 g/mol. The molecule has 1 aliphatic heterocycles. The highest BCUT2D eigenvalue weighted by atomic mass is 32.2. The van der Waals surface area contributed by atoms with Crippen LogP contribution < -0.4 is 14.8 Å². The van der Waals surface area contributed by atoms with Gasteiger partial charge in [-0.1, -0.05) is 26.0 Å². The van der Waals surface area contributed by atoms with Gasteiger partial charge in [-0.25, -0.2) is 0 Å². The van der Waals surface area contributed by atoms with E-state index in [2.05, 4.69) is 19.2 Å². The Morgan fingerprint density at radius 3 is 2.58 bits per heavy atom. The summed E-state index contributed by atoms with van der Waals surface area (Å²) in [4.78, 5) is 13.8. The first-order valence-electron chi connectivity index (χ1n) is 9.14. The topological polar surface area (TPSA) is 47.6 Å². The van der Waals surface area contributed by atoms with Crippen LogP contribution in [0.1, 0.15) is 49.9 Å². The number of fused-ring (bicyclic) bond motifs is 1. The molecule has 1 heterocycles. The summed E-state index contributed by atoms with van der Waals surface area (Å²) in [7, 11) is 0. The molecular weight excluding hydrogens is 346 g/mol. The van der Waals surface area contributed by atoms with Gasteiger partial charge in [0.1, 0.15) is 0 Å². The number of anilines is 1. The molecule has 0 bridgehead atoms. The summed E-state index contributed by atoms with van der Waals surface area (Å²) >= 11 is 1.69. The van der Waals surface area contributed by atoms with Gasteiger partial charge in [-0.2, -0.15) is 0 Å². The first-order valence-corrected chi connectivity index (χ1v) is 10.0. The molecule has 136 valence electrons. The molecule has 2 aromatic carbocycles. The van der Waals surface area contributed by atoms with Crippen molar-refractivity contribution < 1.29 is 14.3 Å². The molecule has 0 aromatic heterocycles. The summed E-state index contributed by atoms with van der Waals surface area (Å²) in [5, 5.41) is 3.41. The van der Waals surface area contributed by atoms with E-state index in [1.54, 1.807) is 11.8 Å². The van der Waals surface area contributed by atoms with Gasteiger partial charge < -0.3 is 14.8 Å². The van der Waals surface area contributed by atoms with E-state index >= 15 is 0 Å². The summed E-state index contributed by atoms with van der Waals surface area (Å²) in [6, 6.07) is 13.3. The zero-order valence-electron chi connectivity index (χ0n) is 15.1. The normalized spacial score (nSPS) is 17.0. The van der Waals surface area contributed by atoms with Crippen LogP contribution in [0.15, 0.2) is 47.4 Å². The summed E-state index contributed by atoms with van der Waals surface area (Å²) < 4.78 is 12.1. The van der Waals surface area contributed by atoms with Crippen molar-refractivity contribution >= 4 is 23.4 Å². The van der Waals surface area contributed by atoms with Crippen molar-refractivity contribution in [3.8, 4) is 11.5 Å². The van der Waals surface area contributed by atoms with Gasteiger partial charge in [-0.3, -0.25) is 4.79 Å². The Morgan fingerprint density at radius 1 is 1.08 bits per heavy atom. The molecule has 2 aromatic rings. The lowest BCUT2D eigenvalue weighted by Gasteiger charge is -2.21. The van der Waals surface area contributed by atoms with Crippen molar-refractivity contribution in [2.24, 2.45) is 0 Å². The average Bonchev–Trinajstić information content (AvgIpc) is 3.20. The molecule has 1 saturated carbocycles. The molecule has 4 rings (SSSR count). The van der Waals surface area contributed by atoms with Crippen LogP contribution in [0.25, 0.3) is 0 Å². The molecule has 0 saturated heterocycles. The van der Waals surface area contributed by atoms with E-state index in [9.17, 15) is 4.79 Å². The minimum absolute atomic E-state index is 0.108. The number of amides is 1. The van der Waals surface area contributed by atoms with E-state index in [1.807, 2.05) is 42.5 Å². The molecule has 5 heteroatoms. The van der Waals surface area contributed by atoms with Crippen molar-refractivity contribution in [3.05, 3.63) is 48.0 Å². The largest absolute Gasteiger partial charge is 0.448 e. The third-order valence-electron chi connectivity index (χ3n) is 4.65. The van der Waals surface area contributed by atoms with Crippen LogP contribution >= 0.6 is 11.8 Å². The minimum Gasteiger partial charge on any atom is -0.448 e. The van der Waals surface area contributed by atoms with Crippen LogP contribution in [0.3, 0.4) is 0 Å². The number of carbonyl (C=O) groups is 1. The summed E-state index contributed by atoms with van der Waals surface area (Å²) in [6.45, 7) is 4.24. The predicted molar refractivity (Wildman–Crippen MR) is 104 cm³/mol. The first-order chi connectivity index (χ1) is 12.5. The predicted octanol–water partition coefficient (Wildman–Crippen LogP) is 5.48. The van der Waals surface area contributed by atoms with E-state index < -0.39 is 5.79 Å². The molecule has 0 atom stereocenters. The Kier molecular flexibility index (Phi) is 4.57. The molecule has 0 unspecified atom stereocenters. The van der Waals surface area contributed by atoms with Gasteiger partial charge >= 0.3 is 0 Å². The van der Waals surface area contributed by atoms with Crippen LogP contribution in [0.5, 0.6) is 11.5 Å². The van der Waals surface area contributed by atoms with Gasteiger partial charge in [0.05, 0.1) is 5.56 Å². The second-order valence-electron chi connectivity index (χ2n) is 7.10. The van der Waals surface area contributed by atoms with Crippen LogP contribution in [0.2, 0.25) is 0 Å². The molecule has 1 aliphatic carbocycles. The second kappa shape index (κ2) is 6.88. The molecule has 1 amide bonds. The minimum atomic E-state index is -0.481. The number of hydrogen-bond acceptors (Lipinski definition) is 4. The molecule has 1 spiro atoms. The molecule has 26 heavy (non-hydrogen) atoms. The maximum atomic E-state index is 12.8. The Labute approximate surface area is 158 Å². The van der Waals surface area contributed by atoms with Gasteiger partial charge in [0.2, 0.25) is 0 Å². The fraction of sp³-hybridized carbons (Fsp3) is 0.381. The Hall–Kier alpha value is -2.14. The van der Waals surface area contributed by atoms with Crippen molar-refractivity contribution in [1.82, 2.24) is 0 Å². The number of nitrogens with one attached hydrogen (secondary N) is 1. The summed E-state index contributed by atoms with van der Waals surface area (Å²) in [5.41, 5.74) is 1.41. The number of hydrogen-bond donors (Lipinski definition) is 1. The number of carbonyl (C=O) groups excluding carboxylic acids is 1. The second-order valence-corrected chi connectivity index (χ2v) is 8.72. The Bertz CT molecular complexity index is 828. The molecular formula is C21H23NO3S. The molecule has 4 nitrogen and oxygen atoms in total. The lowest BCUT2D eigenvalue weighted by molar-refractivity contribution is -0.0716. The molecule has 2 aliphatic rings. The van der Waals surface area contributed by atoms with E-state index in [0.717, 1.165) is 47.8 Å². The molecule has 1 N–H and O–H groups in total. The number of thioether (sulfide) groups is 1. The van der Waals surface area contributed by atoms with Crippen LogP contribution in [0, 0.1) is 0 Å². The standard InChI is InChI=1S/C21H23NO3S/c1-14(2)26-19-8-4-3-7-16(19)20(23)22-15-9-10-17-18(13-15)25-21(24-17)11-5-6-12-21/h3-4,7-10,13-14H,5-6,11-12H2,1-2H3,(H,22,23). The maximum Gasteiger partial charge on any atom is 0.256 e. The van der Waals surface area contributed by atoms with Gasteiger partial charge in [0.25, 0.3) is 11.7 Å². The monoisotopic (exact) mass is 369 g/mol. The van der Waals surface area contributed by atoms with Crippen molar-refractivity contribution in [1.29, 1.82) is 0 Å². The zero-order valence-corrected chi connectivity index (χ0v) is 15.9. The number of ether oxygens (including phenoxy) is 2. The van der Waals surface area contributed by atoms with Crippen molar-refractivity contribution in [2.75, 3.05) is 5.32 Å². The van der Waals surface area contributed by atoms with Gasteiger partial charge in [0.15, 0.2) is 11.5 Å². The van der Waals surface area contributed by atoms with E-state index in [0.29, 0.717) is 10.8 Å². The SMILES string of the molecule is CC(C)Sc1ccccc1C(=O)Nc1ccc2c(c1)OC1(CCCC1)O2. The lowest BCUT2D eigenvalue weighted by atomic mass is 10.2. The van der Waals surface area contributed by atoms with E-state index in [4.69, 9.17) is 9.47 Å². The highest BCUT2D eigenvalue weighted by Gasteiger charge is 2.44. The quantitative estimate of drug-likeness (QED) is 0.725. The zero-order chi connectivity index (χ0) is 18.1. The van der Waals surface area contributed by atoms with Crippen molar-refractivity contribution in [2.45, 2.75) is 55.5 Å². The van der Waals surface area contributed by atoms with Crippen LogP contribution in [0.4, 0.5) is 5.69 Å². The molecule has 0 radical (unpaired) electrons. The van der Waals surface area contributed by atoms with Crippen LogP contribution in [-0.4, -0.2) is 16.9 Å². The smallest absolute Gasteiger partial charge is 0.256 e. The van der Waals surface area contributed by atoms with Gasteiger partial charge in [-0.15, -0.1) is 11.8 Å². The molecule has 1 fully saturated rings. The summed E-state index contributed by atoms with van der Waals surface area (Å²) in [5.74, 6) is 0.893. The van der Waals surface area contributed by atoms with E-state index in [1.165, 1.54) is 0 Å². The number of rotatable bonds is 4. The lowest BCUT2D eigenvalue weighted by Crippen LogP contribution is -2.34. The van der Waals surface area contributed by atoms with Crippen molar-refractivity contribution in [3.63, 3.8) is 0 Å². The first kappa shape index (κ1) is 17.3. The third kappa shape index (κ3) is 3.40. The Balaban J connectivity index is 1.52. The van der Waals surface area contributed by atoms with E-state index in [-0.39, 0.29) is 5.91 Å². The maximum absolute atomic E-state index is 12.8. The van der Waals surface area contributed by atoms with Crippen LogP contribution in [-0.2, 0) is 0 Å². The summed E-state index contributed by atoms with van der Waals surface area (Å²) in [6.07, 6.45) is 4.09. The fourth-order valence-electron chi connectivity index (χ4n) is 3.50. The Morgan fingerprint density at radius 2 is 1.81 bits per heavy atom.